The molecule has 3 heteroatoms. The minimum atomic E-state index is -0.484. The predicted octanol–water partition coefficient (Wildman–Crippen LogP) is 2.53. The van der Waals surface area contributed by atoms with Crippen molar-refractivity contribution in [3.8, 4) is 0 Å². The van der Waals surface area contributed by atoms with E-state index in [0.29, 0.717) is 4.48 Å². The summed E-state index contributed by atoms with van der Waals surface area (Å²) in [6, 6.07) is 14.5. The summed E-state index contributed by atoms with van der Waals surface area (Å²) in [6.45, 7) is 3.43. The van der Waals surface area contributed by atoms with Gasteiger partial charge in [-0.15, -0.1) is 0 Å². The summed E-state index contributed by atoms with van der Waals surface area (Å²) in [5.74, 6) is 0. The van der Waals surface area contributed by atoms with Crippen LogP contribution < -0.4 is 4.48 Å². The van der Waals surface area contributed by atoms with E-state index in [4.69, 9.17) is 0 Å². The average molecular weight is 241 g/mol. The molecule has 18 heavy (non-hydrogen) atoms. The summed E-state index contributed by atoms with van der Waals surface area (Å²) in [6.07, 6.45) is 1.40. The maximum absolute atomic E-state index is 10.2. The van der Waals surface area contributed by atoms with Gasteiger partial charge in [0.05, 0.1) is 6.54 Å². The monoisotopic (exact) mass is 241 g/mol. The smallest absolute Gasteiger partial charge is 0.197 e. The molecule has 3 rings (SSSR count). The Labute approximate surface area is 107 Å². The van der Waals surface area contributed by atoms with E-state index >= 15 is 0 Å². The standard InChI is InChI=1S/C15H17N2O/c1-12(18)17(10-9-16-11-17)15-8-4-6-13-5-2-3-7-14(13)15/h2-8,11-12,18H,9-10H2,1H3/q+1. The first-order chi connectivity index (χ1) is 8.74. The lowest BCUT2D eigenvalue weighted by Crippen LogP contribution is -2.53. The maximum Gasteiger partial charge on any atom is 0.197 e. The van der Waals surface area contributed by atoms with Gasteiger partial charge in [-0.1, -0.05) is 30.3 Å². The van der Waals surface area contributed by atoms with Crippen molar-refractivity contribution in [2.75, 3.05) is 13.1 Å². The van der Waals surface area contributed by atoms with Crippen molar-refractivity contribution in [2.45, 2.75) is 13.2 Å². The molecule has 2 aromatic carbocycles. The fourth-order valence-corrected chi connectivity index (χ4v) is 2.72. The third-order valence-corrected chi connectivity index (χ3v) is 3.77. The summed E-state index contributed by atoms with van der Waals surface area (Å²) in [5.41, 5.74) is 1.13. The van der Waals surface area contributed by atoms with Gasteiger partial charge in [0.15, 0.2) is 12.6 Å². The molecule has 0 fully saturated rings. The largest absolute Gasteiger partial charge is 0.344 e. The highest BCUT2D eigenvalue weighted by atomic mass is 16.3. The third-order valence-electron chi connectivity index (χ3n) is 3.77. The SMILES string of the molecule is CC(O)[N+]1(c2cccc3ccccc23)C=NCC1. The van der Waals surface area contributed by atoms with Crippen LogP contribution in [0.25, 0.3) is 10.8 Å². The molecule has 1 aliphatic heterocycles. The highest BCUT2D eigenvalue weighted by Gasteiger charge is 2.38. The molecule has 0 radical (unpaired) electrons. The van der Waals surface area contributed by atoms with E-state index in [0.717, 1.165) is 18.8 Å². The van der Waals surface area contributed by atoms with Crippen molar-refractivity contribution in [2.24, 2.45) is 4.99 Å². The van der Waals surface area contributed by atoms with Gasteiger partial charge in [-0.2, -0.15) is 0 Å². The minimum Gasteiger partial charge on any atom is -0.344 e. The topological polar surface area (TPSA) is 32.6 Å². The van der Waals surface area contributed by atoms with Crippen LogP contribution in [-0.2, 0) is 0 Å². The van der Waals surface area contributed by atoms with E-state index in [1.54, 1.807) is 0 Å². The minimum absolute atomic E-state index is 0.432. The molecule has 1 N–H and O–H groups in total. The molecule has 0 aromatic heterocycles. The predicted molar refractivity (Wildman–Crippen MR) is 75.6 cm³/mol. The third kappa shape index (κ3) is 1.55. The van der Waals surface area contributed by atoms with Gasteiger partial charge >= 0.3 is 0 Å². The second-order valence-electron chi connectivity index (χ2n) is 4.81. The second kappa shape index (κ2) is 4.19. The summed E-state index contributed by atoms with van der Waals surface area (Å²) < 4.78 is 0.432. The molecule has 0 saturated carbocycles. The Hall–Kier alpha value is -1.71. The van der Waals surface area contributed by atoms with Gasteiger partial charge in [0.25, 0.3) is 0 Å². The zero-order valence-electron chi connectivity index (χ0n) is 10.5. The quantitative estimate of drug-likeness (QED) is 0.805. The van der Waals surface area contributed by atoms with Gasteiger partial charge in [-0.3, -0.25) is 0 Å². The maximum atomic E-state index is 10.2. The summed E-state index contributed by atoms with van der Waals surface area (Å²) in [5, 5.41) is 12.6. The van der Waals surface area contributed by atoms with Gasteiger partial charge < -0.3 is 5.11 Å². The number of hydrogen-bond acceptors (Lipinski definition) is 2. The molecule has 0 aliphatic carbocycles. The van der Waals surface area contributed by atoms with Crippen LogP contribution in [0.2, 0.25) is 0 Å². The molecule has 1 aliphatic rings. The fraction of sp³-hybridized carbons (Fsp3) is 0.267. The zero-order valence-corrected chi connectivity index (χ0v) is 10.5. The molecule has 0 amide bonds. The van der Waals surface area contributed by atoms with Crippen LogP contribution in [0.4, 0.5) is 5.69 Å². The van der Waals surface area contributed by atoms with Crippen molar-refractivity contribution in [3.05, 3.63) is 42.5 Å². The Morgan fingerprint density at radius 2 is 1.94 bits per heavy atom. The lowest BCUT2D eigenvalue weighted by atomic mass is 10.1. The zero-order chi connectivity index (χ0) is 12.6. The van der Waals surface area contributed by atoms with Crippen molar-refractivity contribution in [1.82, 2.24) is 4.48 Å². The number of aliphatic hydroxyl groups excluding tert-OH is 1. The van der Waals surface area contributed by atoms with Crippen LogP contribution in [0.1, 0.15) is 6.92 Å². The lowest BCUT2D eigenvalue weighted by Gasteiger charge is -2.33. The Morgan fingerprint density at radius 3 is 2.67 bits per heavy atom. The van der Waals surface area contributed by atoms with Gasteiger partial charge in [0, 0.05) is 18.4 Å². The number of aliphatic imine (C=N–C) groups is 1. The number of quaternary nitrogens is 1. The van der Waals surface area contributed by atoms with Gasteiger partial charge in [-0.25, -0.2) is 9.48 Å². The normalized spacial score (nSPS) is 24.6. The molecule has 2 aromatic rings. The van der Waals surface area contributed by atoms with Crippen LogP contribution in [0.15, 0.2) is 47.5 Å². The van der Waals surface area contributed by atoms with E-state index < -0.39 is 6.23 Å². The van der Waals surface area contributed by atoms with E-state index in [-0.39, 0.29) is 0 Å². The van der Waals surface area contributed by atoms with Crippen LogP contribution in [-0.4, -0.2) is 30.8 Å². The van der Waals surface area contributed by atoms with Gasteiger partial charge in [0.2, 0.25) is 0 Å². The van der Waals surface area contributed by atoms with Crippen LogP contribution in [0.5, 0.6) is 0 Å². The molecule has 0 spiro atoms. The van der Waals surface area contributed by atoms with Crippen LogP contribution in [0.3, 0.4) is 0 Å². The lowest BCUT2D eigenvalue weighted by molar-refractivity contribution is 0.0847. The Morgan fingerprint density at radius 1 is 1.17 bits per heavy atom. The van der Waals surface area contributed by atoms with E-state index in [9.17, 15) is 5.11 Å². The summed E-state index contributed by atoms with van der Waals surface area (Å²) >= 11 is 0. The number of hydrogen-bond donors (Lipinski definition) is 1. The van der Waals surface area contributed by atoms with Crippen molar-refractivity contribution in [1.29, 1.82) is 0 Å². The Bertz CT molecular complexity index is 601. The molecular weight excluding hydrogens is 224 g/mol. The Kier molecular flexibility index (Phi) is 2.65. The number of fused-ring (bicyclic) bond motifs is 1. The number of benzene rings is 2. The molecule has 0 saturated heterocycles. The Balaban J connectivity index is 2.28. The van der Waals surface area contributed by atoms with Crippen molar-refractivity contribution in [3.63, 3.8) is 0 Å². The molecule has 0 bridgehead atoms. The highest BCUT2D eigenvalue weighted by molar-refractivity contribution is 5.97. The molecule has 1 heterocycles. The van der Waals surface area contributed by atoms with Crippen LogP contribution in [0, 0.1) is 0 Å². The summed E-state index contributed by atoms with van der Waals surface area (Å²) in [4.78, 5) is 4.33. The average Bonchev–Trinajstić information content (AvgIpc) is 2.88. The van der Waals surface area contributed by atoms with Crippen LogP contribution >= 0.6 is 0 Å². The van der Waals surface area contributed by atoms with Crippen molar-refractivity contribution >= 4 is 22.8 Å². The van der Waals surface area contributed by atoms with E-state index in [1.165, 1.54) is 10.8 Å². The van der Waals surface area contributed by atoms with E-state index in [1.807, 2.05) is 31.5 Å². The molecule has 2 unspecified atom stereocenters. The van der Waals surface area contributed by atoms with Gasteiger partial charge in [-0.05, 0) is 11.5 Å². The van der Waals surface area contributed by atoms with Gasteiger partial charge in [0.1, 0.15) is 12.2 Å². The first-order valence-electron chi connectivity index (χ1n) is 6.29. The number of aliphatic hydroxyl groups is 1. The van der Waals surface area contributed by atoms with E-state index in [2.05, 4.69) is 29.3 Å². The second-order valence-corrected chi connectivity index (χ2v) is 4.81. The fourth-order valence-electron chi connectivity index (χ4n) is 2.72. The molecular formula is C15H17N2O+. The molecule has 3 nitrogen and oxygen atoms in total. The number of rotatable bonds is 2. The number of nitrogens with zero attached hydrogens (tertiary/aromatic N) is 2. The summed E-state index contributed by atoms with van der Waals surface area (Å²) in [7, 11) is 0. The highest BCUT2D eigenvalue weighted by Crippen LogP contribution is 2.33. The molecule has 92 valence electrons. The van der Waals surface area contributed by atoms with Crippen molar-refractivity contribution < 1.29 is 5.11 Å². The first-order valence-corrected chi connectivity index (χ1v) is 6.29. The molecule has 2 atom stereocenters. The first kappa shape index (κ1) is 11.4.